The van der Waals surface area contributed by atoms with Crippen molar-refractivity contribution in [1.82, 2.24) is 0 Å². The number of nitrogens with zero attached hydrogens (tertiary/aromatic N) is 1. The van der Waals surface area contributed by atoms with E-state index in [0.29, 0.717) is 17.7 Å². The average molecular weight is 306 g/mol. The van der Waals surface area contributed by atoms with Crippen molar-refractivity contribution in [3.63, 3.8) is 0 Å². The number of fused-ring (bicyclic) bond motifs is 5. The molecule has 116 valence electrons. The van der Waals surface area contributed by atoms with Crippen LogP contribution in [0.1, 0.15) is 61.0 Å². The van der Waals surface area contributed by atoms with E-state index < -0.39 is 0 Å². The van der Waals surface area contributed by atoms with E-state index in [9.17, 15) is 4.79 Å². The molecule has 0 unspecified atom stereocenters. The normalized spacial score (nSPS) is 13.2. The van der Waals surface area contributed by atoms with Gasteiger partial charge in [-0.05, 0) is 41.2 Å². The van der Waals surface area contributed by atoms with Crippen molar-refractivity contribution in [3.05, 3.63) is 53.1 Å². The molecular weight excluding hydrogens is 286 g/mol. The quantitative estimate of drug-likeness (QED) is 0.506. The summed E-state index contributed by atoms with van der Waals surface area (Å²) in [5.41, 5.74) is 5.64. The number of hydrogen-bond donors (Lipinski definition) is 0. The molecule has 2 heterocycles. The molecule has 1 aliphatic heterocycles. The van der Waals surface area contributed by atoms with Crippen molar-refractivity contribution >= 4 is 17.0 Å². The van der Waals surface area contributed by atoms with Gasteiger partial charge in [0, 0.05) is 6.07 Å². The topological polar surface area (TPSA) is 34.1 Å². The standard InChI is InChI=1S/C20H20NO2/c1-11(2)13-5-7-15-16(9-13)19(22)21-17-10-14(12(3)4)6-8-18(17)23-20(15)21/h5-12H,1-4H3/q+1. The Balaban J connectivity index is 1.96. The SMILES string of the molecule is CC(C)c1ccc2c(c1)C(=O)[n+]1c-2oc2ccc(C(C)C)cc21. The molecule has 3 heteroatoms. The van der Waals surface area contributed by atoms with Crippen LogP contribution in [0.3, 0.4) is 0 Å². The van der Waals surface area contributed by atoms with Gasteiger partial charge in [0.05, 0.1) is 0 Å². The molecule has 23 heavy (non-hydrogen) atoms. The Hall–Kier alpha value is -2.42. The Bertz CT molecular complexity index is 948. The van der Waals surface area contributed by atoms with Crippen LogP contribution in [0.15, 0.2) is 40.8 Å². The average Bonchev–Trinajstić information content (AvgIpc) is 3.03. The van der Waals surface area contributed by atoms with Crippen LogP contribution in [0.25, 0.3) is 22.6 Å². The second-order valence-corrected chi connectivity index (χ2v) is 6.89. The summed E-state index contributed by atoms with van der Waals surface area (Å²) < 4.78 is 7.70. The van der Waals surface area contributed by atoms with Crippen LogP contribution in [0.2, 0.25) is 0 Å². The second kappa shape index (κ2) is 4.79. The fraction of sp³-hybridized carbons (Fsp3) is 0.300. The molecule has 0 atom stereocenters. The molecule has 1 aliphatic rings. The lowest BCUT2D eigenvalue weighted by molar-refractivity contribution is -0.531. The van der Waals surface area contributed by atoms with Crippen LogP contribution in [0, 0.1) is 0 Å². The smallest absolute Gasteiger partial charge is 0.397 e. The van der Waals surface area contributed by atoms with E-state index in [-0.39, 0.29) is 5.91 Å². The summed E-state index contributed by atoms with van der Waals surface area (Å²) in [7, 11) is 0. The molecule has 0 amide bonds. The predicted octanol–water partition coefficient (Wildman–Crippen LogP) is 4.64. The largest absolute Gasteiger partial charge is 0.429 e. The van der Waals surface area contributed by atoms with Gasteiger partial charge in [-0.1, -0.05) is 44.4 Å². The van der Waals surface area contributed by atoms with Gasteiger partial charge in [0.15, 0.2) is 0 Å². The van der Waals surface area contributed by atoms with E-state index in [1.807, 2.05) is 18.2 Å². The molecule has 3 aromatic rings. The van der Waals surface area contributed by atoms with E-state index in [1.54, 1.807) is 4.57 Å². The first-order valence-electron chi connectivity index (χ1n) is 8.15. The van der Waals surface area contributed by atoms with Crippen LogP contribution in [-0.4, -0.2) is 5.91 Å². The summed E-state index contributed by atoms with van der Waals surface area (Å²) in [6, 6.07) is 12.2. The van der Waals surface area contributed by atoms with Gasteiger partial charge in [0.1, 0.15) is 11.1 Å². The fourth-order valence-corrected chi connectivity index (χ4v) is 3.20. The van der Waals surface area contributed by atoms with Crippen molar-refractivity contribution in [3.8, 4) is 11.5 Å². The number of oxazole rings is 1. The lowest BCUT2D eigenvalue weighted by atomic mass is 9.98. The van der Waals surface area contributed by atoms with Crippen LogP contribution in [0.4, 0.5) is 0 Å². The number of hydrogen-bond acceptors (Lipinski definition) is 2. The predicted molar refractivity (Wildman–Crippen MR) is 89.8 cm³/mol. The van der Waals surface area contributed by atoms with Crippen LogP contribution in [0.5, 0.6) is 0 Å². The van der Waals surface area contributed by atoms with Gasteiger partial charge in [0.25, 0.3) is 5.52 Å². The van der Waals surface area contributed by atoms with E-state index in [0.717, 1.165) is 22.2 Å². The maximum absolute atomic E-state index is 12.9. The molecule has 0 aliphatic carbocycles. The highest BCUT2D eigenvalue weighted by Gasteiger charge is 2.42. The molecule has 0 N–H and O–H groups in total. The molecule has 3 nitrogen and oxygen atoms in total. The number of rotatable bonds is 2. The highest BCUT2D eigenvalue weighted by molar-refractivity contribution is 6.01. The maximum atomic E-state index is 12.9. The third-order valence-electron chi connectivity index (χ3n) is 4.67. The van der Waals surface area contributed by atoms with E-state index in [4.69, 9.17) is 4.42 Å². The van der Waals surface area contributed by atoms with E-state index in [2.05, 4.69) is 45.9 Å². The van der Waals surface area contributed by atoms with Crippen molar-refractivity contribution in [2.45, 2.75) is 39.5 Å². The molecular formula is C20H20NO2+. The van der Waals surface area contributed by atoms with Crippen molar-refractivity contribution in [1.29, 1.82) is 0 Å². The van der Waals surface area contributed by atoms with Gasteiger partial charge in [0.2, 0.25) is 5.58 Å². The van der Waals surface area contributed by atoms with Gasteiger partial charge in [-0.3, -0.25) is 0 Å². The lowest BCUT2D eigenvalue weighted by Crippen LogP contribution is -2.39. The molecule has 1 aromatic heterocycles. The zero-order chi connectivity index (χ0) is 16.3. The zero-order valence-corrected chi connectivity index (χ0v) is 13.9. The molecule has 0 radical (unpaired) electrons. The van der Waals surface area contributed by atoms with E-state index >= 15 is 0 Å². The Morgan fingerprint density at radius 2 is 1.52 bits per heavy atom. The summed E-state index contributed by atoms with van der Waals surface area (Å²) in [5, 5.41) is 0. The second-order valence-electron chi connectivity index (χ2n) is 6.89. The van der Waals surface area contributed by atoms with Crippen LogP contribution < -0.4 is 4.57 Å². The Morgan fingerprint density at radius 1 is 0.870 bits per heavy atom. The lowest BCUT2D eigenvalue weighted by Gasteiger charge is -2.04. The summed E-state index contributed by atoms with van der Waals surface area (Å²) >= 11 is 0. The molecule has 0 spiro atoms. The molecule has 2 aromatic carbocycles. The minimum Gasteiger partial charge on any atom is -0.397 e. The van der Waals surface area contributed by atoms with Gasteiger partial charge in [-0.2, -0.15) is 0 Å². The monoisotopic (exact) mass is 306 g/mol. The molecule has 0 saturated heterocycles. The van der Waals surface area contributed by atoms with Crippen LogP contribution >= 0.6 is 0 Å². The van der Waals surface area contributed by atoms with Crippen LogP contribution in [-0.2, 0) is 0 Å². The van der Waals surface area contributed by atoms with Crippen molar-refractivity contribution in [2.75, 3.05) is 0 Å². The third kappa shape index (κ3) is 1.96. The molecule has 0 fully saturated rings. The summed E-state index contributed by atoms with van der Waals surface area (Å²) in [5.74, 6) is 1.47. The van der Waals surface area contributed by atoms with Crippen molar-refractivity contribution < 1.29 is 13.8 Å². The molecule has 0 saturated carbocycles. The zero-order valence-electron chi connectivity index (χ0n) is 13.9. The van der Waals surface area contributed by atoms with E-state index in [1.165, 1.54) is 11.1 Å². The number of carbonyl (C=O) groups is 1. The summed E-state index contributed by atoms with van der Waals surface area (Å²) in [6.45, 7) is 8.57. The first kappa shape index (κ1) is 14.2. The maximum Gasteiger partial charge on any atom is 0.429 e. The minimum atomic E-state index is 0.0113. The Morgan fingerprint density at radius 3 is 2.22 bits per heavy atom. The first-order valence-corrected chi connectivity index (χ1v) is 8.15. The number of benzene rings is 2. The Kier molecular flexibility index (Phi) is 2.95. The summed E-state index contributed by atoms with van der Waals surface area (Å²) in [4.78, 5) is 12.9. The van der Waals surface area contributed by atoms with Crippen molar-refractivity contribution in [2.24, 2.45) is 0 Å². The Labute approximate surface area is 135 Å². The molecule has 4 rings (SSSR count). The molecule has 0 bridgehead atoms. The van der Waals surface area contributed by atoms with Gasteiger partial charge in [-0.15, -0.1) is 0 Å². The number of carbonyl (C=O) groups excluding carboxylic acids is 1. The highest BCUT2D eigenvalue weighted by atomic mass is 16.4. The van der Waals surface area contributed by atoms with Gasteiger partial charge in [-0.25, -0.2) is 4.79 Å². The number of aromatic nitrogens is 1. The fourth-order valence-electron chi connectivity index (χ4n) is 3.20. The van der Waals surface area contributed by atoms with Gasteiger partial charge < -0.3 is 4.42 Å². The summed E-state index contributed by atoms with van der Waals surface area (Å²) in [6.07, 6.45) is 0. The van der Waals surface area contributed by atoms with Gasteiger partial charge >= 0.3 is 11.8 Å². The minimum absolute atomic E-state index is 0.0113. The first-order chi connectivity index (χ1) is 11.0. The third-order valence-corrected chi connectivity index (χ3v) is 4.67. The highest BCUT2D eigenvalue weighted by Crippen LogP contribution is 2.33.